The second-order valence-corrected chi connectivity index (χ2v) is 7.46. The standard InChI is InChI=1S/C25H26N4O4/c1-31-9-10-33-22-13-19(16-26-25(30)14-18-5-3-6-21(12-18)32-2)11-20(15-22)23-17-29-24(28-23)7-4-8-27-29/h3-8,11-13,15,17H,9-10,14,16H2,1-2H3,(H,26,30). The van der Waals surface area contributed by atoms with E-state index in [1.807, 2.05) is 60.8 Å². The van der Waals surface area contributed by atoms with Crippen LogP contribution in [0.3, 0.4) is 0 Å². The highest BCUT2D eigenvalue weighted by Gasteiger charge is 2.11. The maximum Gasteiger partial charge on any atom is 0.224 e. The molecule has 2 aromatic heterocycles. The Bertz CT molecular complexity index is 1210. The quantitative estimate of drug-likeness (QED) is 0.376. The van der Waals surface area contributed by atoms with Gasteiger partial charge in [0.1, 0.15) is 18.1 Å². The molecule has 170 valence electrons. The fourth-order valence-electron chi connectivity index (χ4n) is 3.44. The molecule has 1 N–H and O–H groups in total. The van der Waals surface area contributed by atoms with Gasteiger partial charge in [-0.1, -0.05) is 12.1 Å². The zero-order chi connectivity index (χ0) is 23.0. The van der Waals surface area contributed by atoms with Crippen LogP contribution in [0.25, 0.3) is 16.9 Å². The van der Waals surface area contributed by atoms with E-state index in [0.717, 1.165) is 33.8 Å². The van der Waals surface area contributed by atoms with Crippen LogP contribution >= 0.6 is 0 Å². The zero-order valence-corrected chi connectivity index (χ0v) is 18.7. The molecule has 4 rings (SSSR count). The number of nitrogens with zero attached hydrogens (tertiary/aromatic N) is 3. The number of benzene rings is 2. The Kier molecular flexibility index (Phi) is 7.16. The van der Waals surface area contributed by atoms with Crippen LogP contribution in [-0.2, 0) is 22.5 Å². The number of imidazole rings is 1. The number of hydrogen-bond acceptors (Lipinski definition) is 6. The second-order valence-electron chi connectivity index (χ2n) is 7.46. The molecule has 0 aliphatic carbocycles. The molecule has 4 aromatic rings. The summed E-state index contributed by atoms with van der Waals surface area (Å²) in [4.78, 5) is 17.2. The molecule has 8 heteroatoms. The minimum absolute atomic E-state index is 0.0764. The van der Waals surface area contributed by atoms with Gasteiger partial charge in [-0.15, -0.1) is 0 Å². The fourth-order valence-corrected chi connectivity index (χ4v) is 3.44. The first kappa shape index (κ1) is 22.3. The number of methoxy groups -OCH3 is 2. The van der Waals surface area contributed by atoms with Crippen molar-refractivity contribution in [1.82, 2.24) is 19.9 Å². The Morgan fingerprint density at radius 2 is 1.88 bits per heavy atom. The number of carbonyl (C=O) groups excluding carboxylic acids is 1. The van der Waals surface area contributed by atoms with Crippen molar-refractivity contribution in [3.05, 3.63) is 78.1 Å². The molecule has 0 saturated heterocycles. The summed E-state index contributed by atoms with van der Waals surface area (Å²) in [5, 5.41) is 7.27. The van der Waals surface area contributed by atoms with E-state index in [1.165, 1.54) is 0 Å². The normalized spacial score (nSPS) is 10.8. The van der Waals surface area contributed by atoms with Crippen molar-refractivity contribution < 1.29 is 19.0 Å². The van der Waals surface area contributed by atoms with E-state index in [0.29, 0.717) is 25.5 Å². The lowest BCUT2D eigenvalue weighted by molar-refractivity contribution is -0.120. The number of amides is 1. The van der Waals surface area contributed by atoms with Crippen molar-refractivity contribution in [3.8, 4) is 22.8 Å². The van der Waals surface area contributed by atoms with Crippen LogP contribution in [0.5, 0.6) is 11.5 Å². The topological polar surface area (TPSA) is 87.0 Å². The molecule has 0 unspecified atom stereocenters. The Morgan fingerprint density at radius 3 is 2.70 bits per heavy atom. The Labute approximate surface area is 192 Å². The maximum atomic E-state index is 12.5. The summed E-state index contributed by atoms with van der Waals surface area (Å²) in [5.41, 5.74) is 4.21. The lowest BCUT2D eigenvalue weighted by Crippen LogP contribution is -2.24. The SMILES string of the molecule is COCCOc1cc(CNC(=O)Cc2cccc(OC)c2)cc(-c2cn3ncccc3n2)c1. The number of carbonyl (C=O) groups is 1. The van der Waals surface area contributed by atoms with Gasteiger partial charge in [0, 0.05) is 25.4 Å². The van der Waals surface area contributed by atoms with Gasteiger partial charge in [-0.25, -0.2) is 9.50 Å². The van der Waals surface area contributed by atoms with Gasteiger partial charge < -0.3 is 19.5 Å². The lowest BCUT2D eigenvalue weighted by Gasteiger charge is -2.11. The second kappa shape index (κ2) is 10.6. The predicted octanol–water partition coefficient (Wildman–Crippen LogP) is 3.29. The monoisotopic (exact) mass is 446 g/mol. The first-order valence-corrected chi connectivity index (χ1v) is 10.6. The van der Waals surface area contributed by atoms with Crippen LogP contribution in [0.2, 0.25) is 0 Å². The molecule has 0 fully saturated rings. The van der Waals surface area contributed by atoms with Crippen molar-refractivity contribution in [2.75, 3.05) is 27.4 Å². The molecule has 0 radical (unpaired) electrons. The van der Waals surface area contributed by atoms with Gasteiger partial charge in [-0.2, -0.15) is 5.10 Å². The molecule has 1 amide bonds. The van der Waals surface area contributed by atoms with Gasteiger partial charge in [0.25, 0.3) is 0 Å². The number of ether oxygens (including phenoxy) is 3. The van der Waals surface area contributed by atoms with Crippen LogP contribution in [0.4, 0.5) is 0 Å². The van der Waals surface area contributed by atoms with Crippen LogP contribution < -0.4 is 14.8 Å². The molecule has 0 bridgehead atoms. The lowest BCUT2D eigenvalue weighted by atomic mass is 10.1. The van der Waals surface area contributed by atoms with E-state index in [1.54, 1.807) is 24.9 Å². The fraction of sp³-hybridized carbons (Fsp3) is 0.240. The number of fused-ring (bicyclic) bond motifs is 1. The summed E-state index contributed by atoms with van der Waals surface area (Å²) in [7, 11) is 3.24. The highest BCUT2D eigenvalue weighted by molar-refractivity contribution is 5.78. The number of nitrogens with one attached hydrogen (secondary N) is 1. The molecule has 0 aliphatic heterocycles. The summed E-state index contributed by atoms with van der Waals surface area (Å²) in [6.07, 6.45) is 3.85. The molecule has 33 heavy (non-hydrogen) atoms. The molecule has 0 spiro atoms. The van der Waals surface area contributed by atoms with Crippen molar-refractivity contribution in [2.45, 2.75) is 13.0 Å². The minimum atomic E-state index is -0.0764. The highest BCUT2D eigenvalue weighted by Crippen LogP contribution is 2.26. The smallest absolute Gasteiger partial charge is 0.224 e. The van der Waals surface area contributed by atoms with Crippen LogP contribution in [-0.4, -0.2) is 47.9 Å². The molecule has 0 saturated carbocycles. The van der Waals surface area contributed by atoms with E-state index in [-0.39, 0.29) is 12.3 Å². The third-order valence-electron chi connectivity index (χ3n) is 5.04. The molecule has 2 heterocycles. The van der Waals surface area contributed by atoms with E-state index in [9.17, 15) is 4.79 Å². The summed E-state index contributed by atoms with van der Waals surface area (Å²) < 4.78 is 17.9. The van der Waals surface area contributed by atoms with Crippen molar-refractivity contribution in [2.24, 2.45) is 0 Å². The van der Waals surface area contributed by atoms with Crippen LogP contribution in [0, 0.1) is 0 Å². The zero-order valence-electron chi connectivity index (χ0n) is 18.7. The van der Waals surface area contributed by atoms with Crippen molar-refractivity contribution in [3.63, 3.8) is 0 Å². The Balaban J connectivity index is 1.51. The summed E-state index contributed by atoms with van der Waals surface area (Å²) in [6.45, 7) is 1.27. The van der Waals surface area contributed by atoms with Gasteiger partial charge >= 0.3 is 0 Å². The van der Waals surface area contributed by atoms with E-state index in [4.69, 9.17) is 14.2 Å². The third kappa shape index (κ3) is 5.87. The van der Waals surface area contributed by atoms with E-state index < -0.39 is 0 Å². The maximum absolute atomic E-state index is 12.5. The molecule has 0 aliphatic rings. The first-order chi connectivity index (χ1) is 16.1. The van der Waals surface area contributed by atoms with Gasteiger partial charge in [0.15, 0.2) is 5.65 Å². The number of rotatable bonds is 10. The van der Waals surface area contributed by atoms with Gasteiger partial charge in [0.2, 0.25) is 5.91 Å². The number of hydrogen-bond donors (Lipinski definition) is 1. The molecule has 8 nitrogen and oxygen atoms in total. The van der Waals surface area contributed by atoms with Crippen molar-refractivity contribution in [1.29, 1.82) is 0 Å². The van der Waals surface area contributed by atoms with Crippen LogP contribution in [0.15, 0.2) is 67.0 Å². The molecule has 0 atom stereocenters. The molecular formula is C25H26N4O4. The largest absolute Gasteiger partial charge is 0.497 e. The first-order valence-electron chi connectivity index (χ1n) is 10.6. The van der Waals surface area contributed by atoms with Gasteiger partial charge in [0.05, 0.1) is 32.0 Å². The van der Waals surface area contributed by atoms with E-state index in [2.05, 4.69) is 15.4 Å². The minimum Gasteiger partial charge on any atom is -0.497 e. The predicted molar refractivity (Wildman–Crippen MR) is 124 cm³/mol. The van der Waals surface area contributed by atoms with Gasteiger partial charge in [-0.3, -0.25) is 4.79 Å². The highest BCUT2D eigenvalue weighted by atomic mass is 16.5. The summed E-state index contributed by atoms with van der Waals surface area (Å²) in [5.74, 6) is 1.34. The molecular weight excluding hydrogens is 420 g/mol. The third-order valence-corrected chi connectivity index (χ3v) is 5.04. The average Bonchev–Trinajstić information content (AvgIpc) is 3.27. The van der Waals surface area contributed by atoms with Crippen molar-refractivity contribution >= 4 is 11.6 Å². The summed E-state index contributed by atoms with van der Waals surface area (Å²) >= 11 is 0. The number of aromatic nitrogens is 3. The Hall–Kier alpha value is -3.91. The average molecular weight is 447 g/mol. The molecule has 2 aromatic carbocycles. The van der Waals surface area contributed by atoms with Gasteiger partial charge in [-0.05, 0) is 53.6 Å². The van der Waals surface area contributed by atoms with Crippen LogP contribution in [0.1, 0.15) is 11.1 Å². The summed E-state index contributed by atoms with van der Waals surface area (Å²) in [6, 6.07) is 17.1. The Morgan fingerprint density at radius 1 is 1.00 bits per heavy atom. The van der Waals surface area contributed by atoms with E-state index >= 15 is 0 Å².